The van der Waals surface area contributed by atoms with Crippen molar-refractivity contribution in [3.05, 3.63) is 39.7 Å². The Morgan fingerprint density at radius 1 is 1.20 bits per heavy atom. The summed E-state index contributed by atoms with van der Waals surface area (Å²) in [5.74, 6) is 2.22. The number of nitrogens with zero attached hydrogens (tertiary/aromatic N) is 1. The lowest BCUT2D eigenvalue weighted by Crippen LogP contribution is -2.12. The van der Waals surface area contributed by atoms with Crippen molar-refractivity contribution in [2.24, 2.45) is 0 Å². The molecule has 6 heteroatoms. The maximum atomic E-state index is 5.31. The Morgan fingerprint density at radius 3 is 2.60 bits per heavy atom. The molecule has 0 aliphatic heterocycles. The molecule has 108 valence electrons. The molecule has 0 saturated heterocycles. The molecule has 0 radical (unpaired) electrons. The van der Waals surface area contributed by atoms with E-state index < -0.39 is 0 Å². The molecule has 1 N–H and O–H groups in total. The predicted octanol–water partition coefficient (Wildman–Crippen LogP) is 3.05. The van der Waals surface area contributed by atoms with Crippen LogP contribution in [0.15, 0.2) is 27.2 Å². The van der Waals surface area contributed by atoms with E-state index >= 15 is 0 Å². The molecule has 2 rings (SSSR count). The van der Waals surface area contributed by atoms with E-state index in [2.05, 4.69) is 26.4 Å². The minimum atomic E-state index is 0.632. The highest BCUT2D eigenvalue weighted by atomic mass is 79.9. The second-order valence-electron chi connectivity index (χ2n) is 4.35. The van der Waals surface area contributed by atoms with Gasteiger partial charge in [-0.3, -0.25) is 0 Å². The zero-order valence-corrected chi connectivity index (χ0v) is 13.3. The van der Waals surface area contributed by atoms with Crippen molar-refractivity contribution >= 4 is 15.9 Å². The van der Waals surface area contributed by atoms with Crippen molar-refractivity contribution in [3.8, 4) is 11.5 Å². The summed E-state index contributed by atoms with van der Waals surface area (Å²) in [5.41, 5.74) is 1.97. The van der Waals surface area contributed by atoms with Crippen LogP contribution in [0.2, 0.25) is 0 Å². The first-order valence-corrected chi connectivity index (χ1v) is 6.96. The van der Waals surface area contributed by atoms with Crippen molar-refractivity contribution in [1.29, 1.82) is 0 Å². The Balaban J connectivity index is 2.01. The standard InChI is InChI=1S/C14H17BrN2O3/c1-9-4-11(20-17-9)8-16-7-10-5-12(15)14(19-3)13(6-10)18-2/h4-6,16H,7-8H2,1-3H3. The van der Waals surface area contributed by atoms with E-state index in [0.29, 0.717) is 24.6 Å². The molecule has 0 unspecified atom stereocenters. The quantitative estimate of drug-likeness (QED) is 0.875. The normalized spacial score (nSPS) is 10.6. The summed E-state index contributed by atoms with van der Waals surface area (Å²) in [6, 6.07) is 5.86. The third kappa shape index (κ3) is 3.52. The van der Waals surface area contributed by atoms with Crippen molar-refractivity contribution in [2.45, 2.75) is 20.0 Å². The maximum Gasteiger partial charge on any atom is 0.174 e. The number of ether oxygens (including phenoxy) is 2. The molecule has 0 fully saturated rings. The lowest BCUT2D eigenvalue weighted by Gasteiger charge is -2.12. The van der Waals surface area contributed by atoms with Gasteiger partial charge in [-0.05, 0) is 40.5 Å². The van der Waals surface area contributed by atoms with E-state index in [1.807, 2.05) is 25.1 Å². The van der Waals surface area contributed by atoms with E-state index in [0.717, 1.165) is 21.5 Å². The highest BCUT2D eigenvalue weighted by molar-refractivity contribution is 9.10. The number of hydrogen-bond acceptors (Lipinski definition) is 5. The van der Waals surface area contributed by atoms with Gasteiger partial charge in [0.05, 0.1) is 30.9 Å². The first-order chi connectivity index (χ1) is 9.63. The van der Waals surface area contributed by atoms with Gasteiger partial charge in [0, 0.05) is 12.6 Å². The Kier molecular flexibility index (Phi) is 5.03. The van der Waals surface area contributed by atoms with E-state index in [-0.39, 0.29) is 0 Å². The highest BCUT2D eigenvalue weighted by Gasteiger charge is 2.10. The SMILES string of the molecule is COc1cc(CNCc2cc(C)no2)cc(Br)c1OC. The van der Waals surface area contributed by atoms with Gasteiger partial charge in [0.1, 0.15) is 0 Å². The van der Waals surface area contributed by atoms with Crippen molar-refractivity contribution in [2.75, 3.05) is 14.2 Å². The average molecular weight is 341 g/mol. The molecule has 0 bridgehead atoms. The minimum absolute atomic E-state index is 0.632. The molecule has 0 aliphatic carbocycles. The van der Waals surface area contributed by atoms with Gasteiger partial charge < -0.3 is 19.3 Å². The van der Waals surface area contributed by atoms with Crippen molar-refractivity contribution < 1.29 is 14.0 Å². The Bertz CT molecular complexity index is 584. The second kappa shape index (κ2) is 6.76. The van der Waals surface area contributed by atoms with Gasteiger partial charge in [-0.25, -0.2) is 0 Å². The predicted molar refractivity (Wildman–Crippen MR) is 79.0 cm³/mol. The molecular formula is C14H17BrN2O3. The molecule has 0 spiro atoms. The first kappa shape index (κ1) is 14.9. The van der Waals surface area contributed by atoms with Gasteiger partial charge in [0.15, 0.2) is 17.3 Å². The molecule has 1 aromatic carbocycles. The summed E-state index contributed by atoms with van der Waals surface area (Å²) < 4.78 is 16.6. The molecule has 1 heterocycles. The molecule has 0 amide bonds. The smallest absolute Gasteiger partial charge is 0.174 e. The Labute approximate surface area is 126 Å². The van der Waals surface area contributed by atoms with Crippen LogP contribution in [0.4, 0.5) is 0 Å². The van der Waals surface area contributed by atoms with Gasteiger partial charge in [-0.2, -0.15) is 0 Å². The maximum absolute atomic E-state index is 5.31. The van der Waals surface area contributed by atoms with E-state index in [9.17, 15) is 0 Å². The van der Waals surface area contributed by atoms with Crippen LogP contribution >= 0.6 is 15.9 Å². The van der Waals surface area contributed by atoms with Crippen LogP contribution in [-0.2, 0) is 13.1 Å². The Hall–Kier alpha value is -1.53. The number of methoxy groups -OCH3 is 2. The van der Waals surface area contributed by atoms with Crippen LogP contribution < -0.4 is 14.8 Å². The van der Waals surface area contributed by atoms with Gasteiger partial charge in [-0.15, -0.1) is 0 Å². The van der Waals surface area contributed by atoms with Crippen molar-refractivity contribution in [1.82, 2.24) is 10.5 Å². The van der Waals surface area contributed by atoms with E-state index in [1.54, 1.807) is 14.2 Å². The van der Waals surface area contributed by atoms with Crippen LogP contribution in [0.25, 0.3) is 0 Å². The summed E-state index contributed by atoms with van der Waals surface area (Å²) in [7, 11) is 3.24. The third-order valence-corrected chi connectivity index (χ3v) is 3.39. The zero-order valence-electron chi connectivity index (χ0n) is 11.7. The third-order valence-electron chi connectivity index (χ3n) is 2.80. The van der Waals surface area contributed by atoms with Crippen LogP contribution in [0.5, 0.6) is 11.5 Å². The van der Waals surface area contributed by atoms with E-state index in [1.165, 1.54) is 0 Å². The summed E-state index contributed by atoms with van der Waals surface area (Å²) in [6.45, 7) is 3.23. The molecular weight excluding hydrogens is 324 g/mol. The van der Waals surface area contributed by atoms with Crippen LogP contribution in [0.3, 0.4) is 0 Å². The number of halogens is 1. The fourth-order valence-corrected chi connectivity index (χ4v) is 2.55. The molecule has 2 aromatic rings. The zero-order chi connectivity index (χ0) is 14.5. The topological polar surface area (TPSA) is 56.5 Å². The van der Waals surface area contributed by atoms with Gasteiger partial charge >= 0.3 is 0 Å². The number of hydrogen-bond donors (Lipinski definition) is 1. The average Bonchev–Trinajstić information content (AvgIpc) is 2.83. The Morgan fingerprint density at radius 2 is 2.00 bits per heavy atom. The van der Waals surface area contributed by atoms with Crippen LogP contribution in [0.1, 0.15) is 17.0 Å². The molecule has 0 aliphatic rings. The van der Waals surface area contributed by atoms with Crippen LogP contribution in [-0.4, -0.2) is 19.4 Å². The summed E-state index contributed by atoms with van der Waals surface area (Å²) in [6.07, 6.45) is 0. The first-order valence-electron chi connectivity index (χ1n) is 6.17. The summed E-state index contributed by atoms with van der Waals surface area (Å²) >= 11 is 3.48. The number of benzene rings is 1. The molecule has 5 nitrogen and oxygen atoms in total. The van der Waals surface area contributed by atoms with Gasteiger partial charge in [0.2, 0.25) is 0 Å². The number of aromatic nitrogens is 1. The van der Waals surface area contributed by atoms with Crippen molar-refractivity contribution in [3.63, 3.8) is 0 Å². The lowest BCUT2D eigenvalue weighted by molar-refractivity contribution is 0.352. The number of nitrogens with one attached hydrogen (secondary N) is 1. The number of aryl methyl sites for hydroxylation is 1. The van der Waals surface area contributed by atoms with Crippen LogP contribution in [0, 0.1) is 6.92 Å². The molecule has 1 aromatic heterocycles. The fourth-order valence-electron chi connectivity index (χ4n) is 1.90. The van der Waals surface area contributed by atoms with Gasteiger partial charge in [-0.1, -0.05) is 5.16 Å². The fraction of sp³-hybridized carbons (Fsp3) is 0.357. The molecule has 0 saturated carbocycles. The number of rotatable bonds is 6. The van der Waals surface area contributed by atoms with Gasteiger partial charge in [0.25, 0.3) is 0 Å². The molecule has 20 heavy (non-hydrogen) atoms. The monoisotopic (exact) mass is 340 g/mol. The second-order valence-corrected chi connectivity index (χ2v) is 5.21. The summed E-state index contributed by atoms with van der Waals surface area (Å²) in [5, 5.41) is 7.14. The lowest BCUT2D eigenvalue weighted by atomic mass is 10.2. The molecule has 0 atom stereocenters. The highest BCUT2D eigenvalue weighted by Crippen LogP contribution is 2.36. The summed E-state index contributed by atoms with van der Waals surface area (Å²) in [4.78, 5) is 0. The van der Waals surface area contributed by atoms with E-state index in [4.69, 9.17) is 14.0 Å². The minimum Gasteiger partial charge on any atom is -0.493 e. The largest absolute Gasteiger partial charge is 0.493 e.